The minimum Gasteiger partial charge on any atom is -0.481 e. The first kappa shape index (κ1) is 22.0. The number of hydrogen-bond acceptors (Lipinski definition) is 5. The molecule has 0 amide bonds. The summed E-state index contributed by atoms with van der Waals surface area (Å²) in [6.45, 7) is 4.24. The lowest BCUT2D eigenvalue weighted by Gasteiger charge is -2.53. The third-order valence-electron chi connectivity index (χ3n) is 8.64. The highest BCUT2D eigenvalue weighted by molar-refractivity contribution is 5.92. The van der Waals surface area contributed by atoms with Gasteiger partial charge in [-0.1, -0.05) is 31.1 Å². The normalized spacial score (nSPS) is 36.5. The van der Waals surface area contributed by atoms with Crippen LogP contribution in [0.25, 0.3) is 0 Å². The Balaban J connectivity index is 1.47. The number of ether oxygens (including phenoxy) is 1. The van der Waals surface area contributed by atoms with Crippen LogP contribution < -0.4 is 0 Å². The molecule has 0 aromatic heterocycles. The van der Waals surface area contributed by atoms with Crippen molar-refractivity contribution >= 4 is 23.5 Å². The highest BCUT2D eigenvalue weighted by atomic mass is 16.5. The van der Waals surface area contributed by atoms with Crippen molar-refractivity contribution in [3.05, 3.63) is 23.3 Å². The molecule has 6 heteroatoms. The Hall–Kier alpha value is -2.24. The van der Waals surface area contributed by atoms with Gasteiger partial charge in [0.05, 0.1) is 12.8 Å². The Morgan fingerprint density at radius 1 is 1.13 bits per heavy atom. The second kappa shape index (κ2) is 8.03. The number of carboxylic acids is 1. The summed E-state index contributed by atoms with van der Waals surface area (Å²) < 4.78 is 5.09. The monoisotopic (exact) mass is 428 g/mol. The second-order valence-corrected chi connectivity index (χ2v) is 10.2. The van der Waals surface area contributed by atoms with Gasteiger partial charge in [-0.15, -0.1) is 0 Å². The third-order valence-corrected chi connectivity index (χ3v) is 8.64. The van der Waals surface area contributed by atoms with Crippen LogP contribution in [0, 0.1) is 28.6 Å². The molecule has 0 spiro atoms. The molecule has 31 heavy (non-hydrogen) atoms. The number of hydrogen-bond donors (Lipinski definition) is 1. The number of rotatable bonds is 6. The zero-order chi connectivity index (χ0) is 22.4. The van der Waals surface area contributed by atoms with E-state index in [1.807, 2.05) is 6.08 Å². The third kappa shape index (κ3) is 3.79. The molecule has 0 bridgehead atoms. The molecule has 0 heterocycles. The summed E-state index contributed by atoms with van der Waals surface area (Å²) in [5, 5.41) is 8.67. The van der Waals surface area contributed by atoms with Gasteiger partial charge in [0.25, 0.3) is 0 Å². The minimum absolute atomic E-state index is 0.0140. The van der Waals surface area contributed by atoms with E-state index >= 15 is 0 Å². The number of carbonyl (C=O) groups is 4. The van der Waals surface area contributed by atoms with Crippen molar-refractivity contribution in [2.24, 2.45) is 28.6 Å². The van der Waals surface area contributed by atoms with Gasteiger partial charge in [0, 0.05) is 17.8 Å². The molecule has 5 atom stereocenters. The topological polar surface area (TPSA) is 97.7 Å². The zero-order valence-electron chi connectivity index (χ0n) is 18.4. The minimum atomic E-state index is -1.05. The zero-order valence-corrected chi connectivity index (χ0v) is 18.4. The van der Waals surface area contributed by atoms with Gasteiger partial charge >= 0.3 is 11.9 Å². The average molecular weight is 429 g/mol. The molecule has 168 valence electrons. The number of fused-ring (bicyclic) bond motifs is 5. The number of ketones is 2. The molecule has 1 N–H and O–H groups in total. The Labute approximate surface area is 183 Å². The largest absolute Gasteiger partial charge is 0.481 e. The molecule has 4 aliphatic carbocycles. The van der Waals surface area contributed by atoms with Crippen molar-refractivity contribution in [3.63, 3.8) is 0 Å². The van der Waals surface area contributed by atoms with E-state index in [9.17, 15) is 19.2 Å². The summed E-state index contributed by atoms with van der Waals surface area (Å²) in [7, 11) is 0. The Morgan fingerprint density at radius 2 is 1.90 bits per heavy atom. The van der Waals surface area contributed by atoms with Crippen LogP contribution in [-0.4, -0.2) is 35.2 Å². The van der Waals surface area contributed by atoms with Crippen LogP contribution in [0.3, 0.4) is 0 Å². The number of aliphatic carboxylic acids is 1. The first-order valence-electron chi connectivity index (χ1n) is 11.5. The Kier molecular flexibility index (Phi) is 5.69. The fourth-order valence-corrected chi connectivity index (χ4v) is 6.92. The van der Waals surface area contributed by atoms with Crippen LogP contribution in [0.4, 0.5) is 0 Å². The Morgan fingerprint density at radius 3 is 2.65 bits per heavy atom. The van der Waals surface area contributed by atoms with Crippen molar-refractivity contribution in [2.75, 3.05) is 6.61 Å². The van der Waals surface area contributed by atoms with Gasteiger partial charge < -0.3 is 9.84 Å². The molecule has 0 radical (unpaired) electrons. The van der Waals surface area contributed by atoms with Crippen molar-refractivity contribution in [3.8, 4) is 0 Å². The summed E-state index contributed by atoms with van der Waals surface area (Å²) in [4.78, 5) is 47.3. The van der Waals surface area contributed by atoms with E-state index in [0.29, 0.717) is 18.3 Å². The standard InChI is InChI=1S/C25H32O6/c1-24-11-9-16(26)13-15(24)3-4-17-18-5-6-20(25(18,2)12-10-19(17)24)21(27)14-31-23(30)8-7-22(28)29/h10,13,17-18,20H,3-9,11-12,14H2,1-2H3,(H,28,29)/t17?,18?,20-,24+,25+/m1/s1. The van der Waals surface area contributed by atoms with Gasteiger partial charge in [-0.2, -0.15) is 0 Å². The van der Waals surface area contributed by atoms with Crippen LogP contribution in [0.2, 0.25) is 0 Å². The Bertz CT molecular complexity index is 882. The van der Waals surface area contributed by atoms with Crippen molar-refractivity contribution in [1.82, 2.24) is 0 Å². The SMILES string of the molecule is C[C@]12CCC(=O)C=C1CCC1C2=CC[C@@]2(C)C1CC[C@@H]2C(=O)COC(=O)CCC(=O)O. The molecular weight excluding hydrogens is 396 g/mol. The van der Waals surface area contributed by atoms with Crippen LogP contribution in [-0.2, 0) is 23.9 Å². The smallest absolute Gasteiger partial charge is 0.306 e. The van der Waals surface area contributed by atoms with Gasteiger partial charge in [0.15, 0.2) is 11.6 Å². The number of allylic oxidation sites excluding steroid dienone is 4. The molecule has 2 saturated carbocycles. The summed E-state index contributed by atoms with van der Waals surface area (Å²) in [5.41, 5.74) is 2.61. The van der Waals surface area contributed by atoms with Crippen molar-refractivity contribution < 1.29 is 29.0 Å². The van der Waals surface area contributed by atoms with E-state index < -0.39 is 11.9 Å². The van der Waals surface area contributed by atoms with Crippen LogP contribution >= 0.6 is 0 Å². The van der Waals surface area contributed by atoms with E-state index in [2.05, 4.69) is 19.9 Å². The van der Waals surface area contributed by atoms with Crippen molar-refractivity contribution in [2.45, 2.75) is 71.6 Å². The van der Waals surface area contributed by atoms with E-state index in [0.717, 1.165) is 38.5 Å². The van der Waals surface area contributed by atoms with E-state index in [1.165, 1.54) is 11.1 Å². The lowest BCUT2D eigenvalue weighted by molar-refractivity contribution is -0.152. The predicted octanol–water partition coefficient (Wildman–Crippen LogP) is 4.03. The summed E-state index contributed by atoms with van der Waals surface area (Å²) in [5.74, 6) is -0.744. The quantitative estimate of drug-likeness (QED) is 0.507. The molecule has 6 nitrogen and oxygen atoms in total. The van der Waals surface area contributed by atoms with Crippen LogP contribution in [0.5, 0.6) is 0 Å². The fourth-order valence-electron chi connectivity index (χ4n) is 6.92. The molecule has 0 aromatic carbocycles. The lowest BCUT2D eigenvalue weighted by atomic mass is 9.51. The first-order valence-corrected chi connectivity index (χ1v) is 11.5. The van der Waals surface area contributed by atoms with E-state index in [-0.39, 0.29) is 47.8 Å². The predicted molar refractivity (Wildman–Crippen MR) is 113 cm³/mol. The number of esters is 1. The highest BCUT2D eigenvalue weighted by Crippen LogP contribution is 2.64. The highest BCUT2D eigenvalue weighted by Gasteiger charge is 2.57. The second-order valence-electron chi connectivity index (χ2n) is 10.2. The molecule has 2 fully saturated rings. The van der Waals surface area contributed by atoms with Gasteiger partial charge in [-0.3, -0.25) is 19.2 Å². The molecule has 4 aliphatic rings. The summed E-state index contributed by atoms with van der Waals surface area (Å²) in [6.07, 6.45) is 9.87. The molecule has 4 rings (SSSR count). The summed E-state index contributed by atoms with van der Waals surface area (Å²) >= 11 is 0. The summed E-state index contributed by atoms with van der Waals surface area (Å²) in [6, 6.07) is 0. The maximum Gasteiger partial charge on any atom is 0.306 e. The van der Waals surface area contributed by atoms with Gasteiger partial charge in [-0.05, 0) is 61.9 Å². The van der Waals surface area contributed by atoms with Crippen LogP contribution in [0.1, 0.15) is 71.6 Å². The van der Waals surface area contributed by atoms with Gasteiger partial charge in [-0.25, -0.2) is 0 Å². The molecule has 2 unspecified atom stereocenters. The first-order chi connectivity index (χ1) is 14.6. The maximum atomic E-state index is 13.0. The number of Topliss-reactive ketones (excluding diaryl/α,β-unsaturated/α-hetero) is 1. The fraction of sp³-hybridized carbons (Fsp3) is 0.680. The molecule has 0 aromatic rings. The molecule has 0 saturated heterocycles. The number of carboxylic acid groups (broad SMARTS) is 1. The van der Waals surface area contributed by atoms with Gasteiger partial charge in [0.2, 0.25) is 0 Å². The maximum absolute atomic E-state index is 13.0. The number of carbonyl (C=O) groups excluding carboxylic acids is 3. The average Bonchev–Trinajstić information content (AvgIpc) is 3.08. The van der Waals surface area contributed by atoms with E-state index in [1.54, 1.807) is 0 Å². The van der Waals surface area contributed by atoms with E-state index in [4.69, 9.17) is 9.84 Å². The van der Waals surface area contributed by atoms with Gasteiger partial charge in [0.1, 0.15) is 6.61 Å². The van der Waals surface area contributed by atoms with Crippen LogP contribution in [0.15, 0.2) is 23.3 Å². The molecule has 0 aliphatic heterocycles. The molecular formula is C25H32O6. The van der Waals surface area contributed by atoms with Crippen molar-refractivity contribution in [1.29, 1.82) is 0 Å². The lowest BCUT2D eigenvalue weighted by Crippen LogP contribution is -2.45.